The van der Waals surface area contributed by atoms with Crippen molar-refractivity contribution < 1.29 is 22.7 Å². The van der Waals surface area contributed by atoms with E-state index in [0.717, 1.165) is 17.7 Å². The highest BCUT2D eigenvalue weighted by Gasteiger charge is 2.31. The van der Waals surface area contributed by atoms with Crippen LogP contribution in [0.4, 0.5) is 13.2 Å². The van der Waals surface area contributed by atoms with E-state index in [1.165, 1.54) is 16.7 Å². The van der Waals surface area contributed by atoms with Crippen molar-refractivity contribution in [1.29, 1.82) is 0 Å². The van der Waals surface area contributed by atoms with Gasteiger partial charge >= 0.3 is 6.36 Å². The minimum atomic E-state index is -4.80. The summed E-state index contributed by atoms with van der Waals surface area (Å²) < 4.78 is 42.4. The third-order valence-electron chi connectivity index (χ3n) is 4.70. The van der Waals surface area contributed by atoms with Crippen LogP contribution in [-0.4, -0.2) is 34.8 Å². The molecule has 1 fully saturated rings. The van der Waals surface area contributed by atoms with Crippen LogP contribution < -0.4 is 10.3 Å². The van der Waals surface area contributed by atoms with Gasteiger partial charge in [0, 0.05) is 38.0 Å². The first-order chi connectivity index (χ1) is 12.7. The maximum absolute atomic E-state index is 12.6. The molecule has 0 atom stereocenters. The van der Waals surface area contributed by atoms with Gasteiger partial charge in [-0.3, -0.25) is 9.59 Å². The number of hydrogen-bond donors (Lipinski definition) is 0. The Kier molecular flexibility index (Phi) is 5.25. The Morgan fingerprint density at radius 3 is 2.48 bits per heavy atom. The minimum Gasteiger partial charge on any atom is -0.406 e. The van der Waals surface area contributed by atoms with Crippen molar-refractivity contribution in [2.75, 3.05) is 13.1 Å². The lowest BCUT2D eigenvalue weighted by Crippen LogP contribution is -2.38. The molecular weight excluding hydrogens is 361 g/mol. The summed E-state index contributed by atoms with van der Waals surface area (Å²) in [5.74, 6) is -0.559. The maximum Gasteiger partial charge on any atom is 0.573 e. The second kappa shape index (κ2) is 7.46. The Balaban J connectivity index is 1.65. The lowest BCUT2D eigenvalue weighted by Gasteiger charge is -2.32. The normalized spacial score (nSPS) is 15.6. The number of piperidine rings is 1. The summed E-state index contributed by atoms with van der Waals surface area (Å²) in [5, 5.41) is 0. The standard InChI is InChI=1S/C19H19F3N2O3/c1-23-8-5-14(12-17(23)25)13-6-9-24(10-7-13)18(26)15-3-2-4-16(11-15)27-19(20,21)22/h2-5,8,11-13H,6-7,9-10H2,1H3. The summed E-state index contributed by atoms with van der Waals surface area (Å²) in [6.07, 6.45) is -1.69. The number of nitrogens with zero attached hydrogens (tertiary/aromatic N) is 2. The number of ether oxygens (including phenoxy) is 1. The van der Waals surface area contributed by atoms with Crippen molar-refractivity contribution in [2.45, 2.75) is 25.1 Å². The van der Waals surface area contributed by atoms with Crippen molar-refractivity contribution in [3.8, 4) is 5.75 Å². The fourth-order valence-corrected chi connectivity index (χ4v) is 3.24. The van der Waals surface area contributed by atoms with Crippen LogP contribution in [0.15, 0.2) is 47.4 Å². The Labute approximate surface area is 154 Å². The average molecular weight is 380 g/mol. The van der Waals surface area contributed by atoms with Crippen LogP contribution in [0.5, 0.6) is 5.75 Å². The van der Waals surface area contributed by atoms with Gasteiger partial charge in [0.1, 0.15) is 5.75 Å². The van der Waals surface area contributed by atoms with E-state index in [1.54, 1.807) is 24.2 Å². The van der Waals surface area contributed by atoms with Crippen molar-refractivity contribution in [1.82, 2.24) is 9.47 Å². The summed E-state index contributed by atoms with van der Waals surface area (Å²) in [7, 11) is 1.68. The lowest BCUT2D eigenvalue weighted by atomic mass is 9.90. The topological polar surface area (TPSA) is 51.5 Å². The highest BCUT2D eigenvalue weighted by Crippen LogP contribution is 2.29. The molecule has 5 nitrogen and oxygen atoms in total. The minimum absolute atomic E-state index is 0.0764. The number of aryl methyl sites for hydroxylation is 1. The van der Waals surface area contributed by atoms with Crippen LogP contribution in [0.3, 0.4) is 0 Å². The Morgan fingerprint density at radius 1 is 1.15 bits per heavy atom. The Hall–Kier alpha value is -2.77. The van der Waals surface area contributed by atoms with Crippen molar-refractivity contribution in [2.24, 2.45) is 7.05 Å². The summed E-state index contributed by atoms with van der Waals surface area (Å²) in [6.45, 7) is 0.951. The van der Waals surface area contributed by atoms with Gasteiger partial charge in [0.05, 0.1) is 0 Å². The molecule has 0 unspecified atom stereocenters. The number of hydrogen-bond acceptors (Lipinski definition) is 3. The molecule has 2 heterocycles. The second-order valence-corrected chi connectivity index (χ2v) is 6.55. The van der Waals surface area contributed by atoms with Crippen LogP contribution in [0.1, 0.15) is 34.7 Å². The van der Waals surface area contributed by atoms with E-state index in [0.29, 0.717) is 25.9 Å². The third-order valence-corrected chi connectivity index (χ3v) is 4.70. The van der Waals surface area contributed by atoms with Gasteiger partial charge in [0.2, 0.25) is 0 Å². The van der Waals surface area contributed by atoms with Crippen LogP contribution in [0.25, 0.3) is 0 Å². The number of pyridine rings is 1. The third kappa shape index (κ3) is 4.69. The molecule has 27 heavy (non-hydrogen) atoms. The molecule has 0 radical (unpaired) electrons. The fraction of sp³-hybridized carbons (Fsp3) is 0.368. The molecule has 1 amide bonds. The number of halogens is 3. The van der Waals surface area contributed by atoms with E-state index in [-0.39, 0.29) is 22.9 Å². The van der Waals surface area contributed by atoms with E-state index >= 15 is 0 Å². The number of aromatic nitrogens is 1. The average Bonchev–Trinajstić information content (AvgIpc) is 2.62. The molecule has 0 bridgehead atoms. The van der Waals surface area contributed by atoms with E-state index in [9.17, 15) is 22.8 Å². The molecule has 3 rings (SSSR count). The Bertz CT molecular complexity index is 884. The van der Waals surface area contributed by atoms with Crippen molar-refractivity contribution in [3.05, 3.63) is 64.1 Å². The van der Waals surface area contributed by atoms with Gasteiger partial charge < -0.3 is 14.2 Å². The van der Waals surface area contributed by atoms with E-state index in [2.05, 4.69) is 4.74 Å². The summed E-state index contributed by atoms with van der Waals surface area (Å²) >= 11 is 0. The number of benzene rings is 1. The van der Waals surface area contributed by atoms with Gasteiger partial charge in [-0.25, -0.2) is 0 Å². The van der Waals surface area contributed by atoms with E-state index in [4.69, 9.17) is 0 Å². The van der Waals surface area contributed by atoms with E-state index < -0.39 is 12.1 Å². The van der Waals surface area contributed by atoms with Crippen LogP contribution in [0.2, 0.25) is 0 Å². The van der Waals surface area contributed by atoms with Gasteiger partial charge in [-0.15, -0.1) is 13.2 Å². The fourth-order valence-electron chi connectivity index (χ4n) is 3.24. The highest BCUT2D eigenvalue weighted by molar-refractivity contribution is 5.94. The number of carbonyl (C=O) groups excluding carboxylic acids is 1. The summed E-state index contributed by atoms with van der Waals surface area (Å²) in [5.41, 5.74) is 1.03. The summed E-state index contributed by atoms with van der Waals surface area (Å²) in [4.78, 5) is 26.0. The van der Waals surface area contributed by atoms with Gasteiger partial charge in [-0.05, 0) is 48.6 Å². The van der Waals surface area contributed by atoms with Gasteiger partial charge in [-0.2, -0.15) is 0 Å². The second-order valence-electron chi connectivity index (χ2n) is 6.55. The molecule has 8 heteroatoms. The molecule has 0 N–H and O–H groups in total. The van der Waals surface area contributed by atoms with Crippen LogP contribution in [-0.2, 0) is 7.05 Å². The zero-order valence-electron chi connectivity index (χ0n) is 14.7. The molecule has 0 saturated carbocycles. The zero-order chi connectivity index (χ0) is 19.6. The lowest BCUT2D eigenvalue weighted by molar-refractivity contribution is -0.274. The van der Waals surface area contributed by atoms with Gasteiger partial charge in [0.25, 0.3) is 11.5 Å². The van der Waals surface area contributed by atoms with Crippen LogP contribution in [0, 0.1) is 0 Å². The molecule has 2 aromatic rings. The first-order valence-corrected chi connectivity index (χ1v) is 8.54. The Morgan fingerprint density at radius 2 is 1.85 bits per heavy atom. The predicted molar refractivity (Wildman–Crippen MR) is 92.7 cm³/mol. The number of alkyl halides is 3. The van der Waals surface area contributed by atoms with Crippen LogP contribution >= 0.6 is 0 Å². The first-order valence-electron chi connectivity index (χ1n) is 8.54. The molecule has 144 valence electrons. The number of carbonyl (C=O) groups is 1. The monoisotopic (exact) mass is 380 g/mol. The van der Waals surface area contributed by atoms with Gasteiger partial charge in [-0.1, -0.05) is 6.07 Å². The molecule has 1 saturated heterocycles. The first kappa shape index (κ1) is 19.0. The van der Waals surface area contributed by atoms with Crippen molar-refractivity contribution >= 4 is 5.91 Å². The van der Waals surface area contributed by atoms with Crippen molar-refractivity contribution in [3.63, 3.8) is 0 Å². The summed E-state index contributed by atoms with van der Waals surface area (Å²) in [6, 6.07) is 8.61. The number of amides is 1. The molecule has 1 aromatic carbocycles. The number of likely N-dealkylation sites (tertiary alicyclic amines) is 1. The maximum atomic E-state index is 12.6. The highest BCUT2D eigenvalue weighted by atomic mass is 19.4. The molecule has 1 aliphatic rings. The molecule has 1 aliphatic heterocycles. The predicted octanol–water partition coefficient (Wildman–Crippen LogP) is 3.30. The molecular formula is C19H19F3N2O3. The zero-order valence-corrected chi connectivity index (χ0v) is 14.7. The molecule has 0 spiro atoms. The largest absolute Gasteiger partial charge is 0.573 e. The molecule has 1 aromatic heterocycles. The number of rotatable bonds is 3. The van der Waals surface area contributed by atoms with Gasteiger partial charge in [0.15, 0.2) is 0 Å². The smallest absolute Gasteiger partial charge is 0.406 e. The van der Waals surface area contributed by atoms with E-state index in [1.807, 2.05) is 6.07 Å². The SMILES string of the molecule is Cn1ccc(C2CCN(C(=O)c3cccc(OC(F)(F)F)c3)CC2)cc1=O. The molecule has 0 aliphatic carbocycles. The quantitative estimate of drug-likeness (QED) is 0.821.